The fourth-order valence-electron chi connectivity index (χ4n) is 2.22. The number of ether oxygens (including phenoxy) is 2. The topological polar surface area (TPSA) is 65.4 Å². The fourth-order valence-corrected chi connectivity index (χ4v) is 2.22. The number of carbonyl (C=O) groups is 1. The van der Waals surface area contributed by atoms with E-state index in [0.29, 0.717) is 18.9 Å². The van der Waals surface area contributed by atoms with Gasteiger partial charge in [0.15, 0.2) is 6.10 Å². The molecule has 1 aliphatic rings. The second-order valence-electron chi connectivity index (χ2n) is 5.15. The van der Waals surface area contributed by atoms with E-state index < -0.39 is 23.8 Å². The quantitative estimate of drug-likeness (QED) is 0.930. The first kappa shape index (κ1) is 16.5. The average molecular weight is 341 g/mol. The second kappa shape index (κ2) is 6.62. The first-order chi connectivity index (χ1) is 11.4. The van der Waals surface area contributed by atoms with Crippen molar-refractivity contribution in [3.05, 3.63) is 42.2 Å². The highest BCUT2D eigenvalue weighted by Crippen LogP contribution is 2.30. The summed E-state index contributed by atoms with van der Waals surface area (Å²) in [4.78, 5) is 12.0. The van der Waals surface area contributed by atoms with Gasteiger partial charge in [0.2, 0.25) is 0 Å². The van der Waals surface area contributed by atoms with Gasteiger partial charge in [0.05, 0.1) is 49.2 Å². The van der Waals surface area contributed by atoms with E-state index in [1.807, 2.05) is 0 Å². The van der Waals surface area contributed by atoms with Crippen LogP contribution in [0.15, 0.2) is 36.7 Å². The van der Waals surface area contributed by atoms with Crippen molar-refractivity contribution < 1.29 is 27.4 Å². The van der Waals surface area contributed by atoms with Crippen molar-refractivity contribution in [2.24, 2.45) is 0 Å². The summed E-state index contributed by atoms with van der Waals surface area (Å²) >= 11 is 0. The Balaban J connectivity index is 1.72. The first-order valence-electron chi connectivity index (χ1n) is 7.16. The van der Waals surface area contributed by atoms with Crippen LogP contribution in [0.25, 0.3) is 5.69 Å². The molecule has 9 heteroatoms. The monoisotopic (exact) mass is 341 g/mol. The number of halogens is 3. The molecule has 128 valence electrons. The van der Waals surface area contributed by atoms with Crippen LogP contribution in [0.1, 0.15) is 5.56 Å². The van der Waals surface area contributed by atoms with Crippen LogP contribution < -0.4 is 5.32 Å². The summed E-state index contributed by atoms with van der Waals surface area (Å²) in [5.41, 5.74) is -0.178. The molecule has 6 nitrogen and oxygen atoms in total. The lowest BCUT2D eigenvalue weighted by Crippen LogP contribution is -2.38. The number of amides is 1. The van der Waals surface area contributed by atoms with Gasteiger partial charge in [-0.25, -0.2) is 4.68 Å². The van der Waals surface area contributed by atoms with Gasteiger partial charge in [-0.15, -0.1) is 0 Å². The largest absolute Gasteiger partial charge is 0.416 e. The SMILES string of the molecule is O=C(Nc1cnn(-c2cccc(C(F)(F)F)c2)c1)[C@H]1COCCO1. The van der Waals surface area contributed by atoms with Gasteiger partial charge in [0.25, 0.3) is 5.91 Å². The molecule has 1 atom stereocenters. The van der Waals surface area contributed by atoms with Gasteiger partial charge in [-0.3, -0.25) is 4.79 Å². The molecule has 0 aliphatic carbocycles. The highest BCUT2D eigenvalue weighted by molar-refractivity contribution is 5.94. The summed E-state index contributed by atoms with van der Waals surface area (Å²) in [5, 5.41) is 6.57. The van der Waals surface area contributed by atoms with Gasteiger partial charge in [0.1, 0.15) is 0 Å². The molecule has 1 amide bonds. The fraction of sp³-hybridized carbons (Fsp3) is 0.333. The Morgan fingerprint density at radius 2 is 2.17 bits per heavy atom. The number of anilines is 1. The van der Waals surface area contributed by atoms with E-state index >= 15 is 0 Å². The summed E-state index contributed by atoms with van der Waals surface area (Å²) in [6.07, 6.45) is -2.37. The zero-order valence-corrected chi connectivity index (χ0v) is 12.4. The van der Waals surface area contributed by atoms with Crippen LogP contribution in [0.5, 0.6) is 0 Å². The predicted molar refractivity (Wildman–Crippen MR) is 77.8 cm³/mol. The average Bonchev–Trinajstić information content (AvgIpc) is 3.03. The van der Waals surface area contributed by atoms with Crippen molar-refractivity contribution in [3.8, 4) is 5.69 Å². The van der Waals surface area contributed by atoms with Crippen molar-refractivity contribution in [2.45, 2.75) is 12.3 Å². The van der Waals surface area contributed by atoms with E-state index in [2.05, 4.69) is 10.4 Å². The third-order valence-corrected chi connectivity index (χ3v) is 3.40. The van der Waals surface area contributed by atoms with Gasteiger partial charge in [-0.2, -0.15) is 18.3 Å². The molecule has 24 heavy (non-hydrogen) atoms. The van der Waals surface area contributed by atoms with E-state index in [1.54, 1.807) is 0 Å². The summed E-state index contributed by atoms with van der Waals surface area (Å²) < 4.78 is 49.9. The molecule has 0 unspecified atom stereocenters. The molecule has 0 saturated carbocycles. The van der Waals surface area contributed by atoms with Crippen LogP contribution in [0.2, 0.25) is 0 Å². The zero-order chi connectivity index (χ0) is 17.2. The molecular formula is C15H14F3N3O3. The van der Waals surface area contributed by atoms with Crippen LogP contribution in [0.3, 0.4) is 0 Å². The van der Waals surface area contributed by atoms with Crippen LogP contribution in [0.4, 0.5) is 18.9 Å². The Hall–Kier alpha value is -2.39. The van der Waals surface area contributed by atoms with Crippen LogP contribution in [-0.2, 0) is 20.4 Å². The number of carbonyl (C=O) groups excluding carboxylic acids is 1. The molecule has 2 heterocycles. The van der Waals surface area contributed by atoms with Gasteiger partial charge in [-0.1, -0.05) is 6.07 Å². The van der Waals surface area contributed by atoms with E-state index in [1.165, 1.54) is 29.2 Å². The highest BCUT2D eigenvalue weighted by Gasteiger charge is 2.30. The summed E-state index contributed by atoms with van der Waals surface area (Å²) in [5.74, 6) is -0.390. The Morgan fingerprint density at radius 3 is 2.88 bits per heavy atom. The van der Waals surface area contributed by atoms with Gasteiger partial charge < -0.3 is 14.8 Å². The van der Waals surface area contributed by atoms with Crippen molar-refractivity contribution >= 4 is 11.6 Å². The molecule has 1 N–H and O–H groups in total. The number of benzene rings is 1. The molecule has 0 radical (unpaired) electrons. The maximum atomic E-state index is 12.8. The lowest BCUT2D eigenvalue weighted by molar-refractivity contribution is -0.142. The minimum Gasteiger partial charge on any atom is -0.376 e. The summed E-state index contributed by atoms with van der Waals surface area (Å²) in [6, 6.07) is 4.75. The van der Waals surface area contributed by atoms with E-state index in [0.717, 1.165) is 12.1 Å². The number of rotatable bonds is 3. The molecular weight excluding hydrogens is 327 g/mol. The number of nitrogens with one attached hydrogen (secondary N) is 1. The number of nitrogens with zero attached hydrogens (tertiary/aromatic N) is 2. The maximum absolute atomic E-state index is 12.8. The van der Waals surface area contributed by atoms with Crippen LogP contribution >= 0.6 is 0 Å². The molecule has 1 aromatic heterocycles. The normalized spacial score (nSPS) is 18.4. The molecule has 1 aromatic carbocycles. The van der Waals surface area contributed by atoms with Crippen LogP contribution in [0, 0.1) is 0 Å². The maximum Gasteiger partial charge on any atom is 0.416 e. The third kappa shape index (κ3) is 3.74. The van der Waals surface area contributed by atoms with Gasteiger partial charge in [-0.05, 0) is 18.2 Å². The summed E-state index contributed by atoms with van der Waals surface area (Å²) in [6.45, 7) is 0.937. The Kier molecular flexibility index (Phi) is 4.54. The Bertz CT molecular complexity index is 724. The Labute approximate surface area is 135 Å². The minimum atomic E-state index is -4.43. The van der Waals surface area contributed by atoms with Crippen molar-refractivity contribution in [3.63, 3.8) is 0 Å². The molecule has 1 aliphatic heterocycles. The van der Waals surface area contributed by atoms with E-state index in [9.17, 15) is 18.0 Å². The number of alkyl halides is 3. The lowest BCUT2D eigenvalue weighted by atomic mass is 10.2. The van der Waals surface area contributed by atoms with Gasteiger partial charge in [0, 0.05) is 0 Å². The number of aromatic nitrogens is 2. The molecule has 2 aromatic rings. The molecule has 1 saturated heterocycles. The number of hydrogen-bond acceptors (Lipinski definition) is 4. The lowest BCUT2D eigenvalue weighted by Gasteiger charge is -2.21. The Morgan fingerprint density at radius 1 is 1.33 bits per heavy atom. The standard InChI is InChI=1S/C15H14F3N3O3/c16-15(17,18)10-2-1-3-12(6-10)21-8-11(7-19-21)20-14(22)13-9-23-4-5-24-13/h1-3,6-8,13H,4-5,9H2,(H,20,22)/t13-/m1/s1. The van der Waals surface area contributed by atoms with Crippen molar-refractivity contribution in [1.82, 2.24) is 9.78 Å². The van der Waals surface area contributed by atoms with Crippen molar-refractivity contribution in [2.75, 3.05) is 25.1 Å². The first-order valence-corrected chi connectivity index (χ1v) is 7.16. The van der Waals surface area contributed by atoms with E-state index in [4.69, 9.17) is 9.47 Å². The molecule has 1 fully saturated rings. The highest BCUT2D eigenvalue weighted by atomic mass is 19.4. The minimum absolute atomic E-state index is 0.160. The molecule has 3 rings (SSSR count). The molecule has 0 spiro atoms. The third-order valence-electron chi connectivity index (χ3n) is 3.40. The van der Waals surface area contributed by atoms with Crippen LogP contribution in [-0.4, -0.2) is 41.6 Å². The smallest absolute Gasteiger partial charge is 0.376 e. The van der Waals surface area contributed by atoms with Crippen molar-refractivity contribution in [1.29, 1.82) is 0 Å². The van der Waals surface area contributed by atoms with Gasteiger partial charge >= 0.3 is 6.18 Å². The predicted octanol–water partition coefficient (Wildman–Crippen LogP) is 2.25. The zero-order valence-electron chi connectivity index (χ0n) is 12.4. The van der Waals surface area contributed by atoms with E-state index in [-0.39, 0.29) is 12.3 Å². The second-order valence-corrected chi connectivity index (χ2v) is 5.15. The number of hydrogen-bond donors (Lipinski definition) is 1. The molecule has 0 bridgehead atoms. The summed E-state index contributed by atoms with van der Waals surface area (Å²) in [7, 11) is 0.